The average molecular weight is 282 g/mol. The molecule has 2 N–H and O–H groups in total. The number of aliphatic carboxylic acids is 1. The van der Waals surface area contributed by atoms with Crippen LogP contribution in [-0.2, 0) is 4.79 Å². The van der Waals surface area contributed by atoms with Crippen LogP contribution >= 0.6 is 0 Å². The fourth-order valence-corrected chi connectivity index (χ4v) is 2.94. The molecule has 2 aliphatic rings. The van der Waals surface area contributed by atoms with E-state index >= 15 is 0 Å². The van der Waals surface area contributed by atoms with Crippen molar-refractivity contribution in [1.29, 1.82) is 0 Å². The van der Waals surface area contributed by atoms with Crippen LogP contribution in [0.25, 0.3) is 0 Å². The number of piperidine rings is 1. The van der Waals surface area contributed by atoms with Crippen molar-refractivity contribution in [3.63, 3.8) is 0 Å². The van der Waals surface area contributed by atoms with E-state index in [0.717, 1.165) is 31.6 Å². The number of amides is 2. The van der Waals surface area contributed by atoms with Crippen LogP contribution in [0.1, 0.15) is 51.9 Å². The van der Waals surface area contributed by atoms with E-state index < -0.39 is 5.97 Å². The lowest BCUT2D eigenvalue weighted by molar-refractivity contribution is -0.138. The molecule has 2 rings (SSSR count). The van der Waals surface area contributed by atoms with Crippen LogP contribution in [0, 0.1) is 11.8 Å². The van der Waals surface area contributed by atoms with Crippen molar-refractivity contribution in [3.05, 3.63) is 0 Å². The maximum Gasteiger partial charge on any atom is 0.317 e. The first kappa shape index (κ1) is 15.1. The van der Waals surface area contributed by atoms with Crippen molar-refractivity contribution in [2.75, 3.05) is 13.1 Å². The normalized spacial score (nSPS) is 21.6. The second-order valence-electron chi connectivity index (χ2n) is 6.26. The van der Waals surface area contributed by atoms with Crippen LogP contribution in [-0.4, -0.2) is 41.1 Å². The Morgan fingerprint density at radius 1 is 1.20 bits per heavy atom. The molecule has 20 heavy (non-hydrogen) atoms. The highest BCUT2D eigenvalue weighted by Crippen LogP contribution is 2.34. The number of hydrogen-bond donors (Lipinski definition) is 2. The monoisotopic (exact) mass is 282 g/mol. The highest BCUT2D eigenvalue weighted by molar-refractivity contribution is 5.74. The molecule has 2 fully saturated rings. The van der Waals surface area contributed by atoms with Crippen molar-refractivity contribution in [2.45, 2.75) is 57.9 Å². The summed E-state index contributed by atoms with van der Waals surface area (Å²) in [6.07, 6.45) is 6.56. The lowest BCUT2D eigenvalue weighted by Gasteiger charge is -2.32. The van der Waals surface area contributed by atoms with Gasteiger partial charge in [-0.3, -0.25) is 4.79 Å². The van der Waals surface area contributed by atoms with Gasteiger partial charge in [-0.2, -0.15) is 0 Å². The van der Waals surface area contributed by atoms with Gasteiger partial charge in [-0.15, -0.1) is 0 Å². The molecule has 1 unspecified atom stereocenters. The molecule has 1 heterocycles. The molecule has 0 radical (unpaired) electrons. The highest BCUT2D eigenvalue weighted by Gasteiger charge is 2.28. The topological polar surface area (TPSA) is 69.6 Å². The summed E-state index contributed by atoms with van der Waals surface area (Å²) in [7, 11) is 0. The molecule has 0 aromatic heterocycles. The van der Waals surface area contributed by atoms with E-state index in [1.165, 1.54) is 12.8 Å². The highest BCUT2D eigenvalue weighted by atomic mass is 16.4. The summed E-state index contributed by atoms with van der Waals surface area (Å²) < 4.78 is 0. The molecule has 1 aliphatic heterocycles. The Labute approximate surface area is 120 Å². The standard InChI is InChI=1S/C15H26N2O3/c1-2-13(9-11-3-4-11)16-15(20)17-7-5-12(6-8-17)10-14(18)19/h11-13H,2-10H2,1H3,(H,16,20)(H,18,19). The summed E-state index contributed by atoms with van der Waals surface area (Å²) >= 11 is 0. The van der Waals surface area contributed by atoms with E-state index in [2.05, 4.69) is 12.2 Å². The Balaban J connectivity index is 1.71. The smallest absolute Gasteiger partial charge is 0.317 e. The van der Waals surface area contributed by atoms with Crippen LogP contribution in [0.2, 0.25) is 0 Å². The number of nitrogens with one attached hydrogen (secondary N) is 1. The maximum absolute atomic E-state index is 12.2. The molecule has 1 saturated heterocycles. The van der Waals surface area contributed by atoms with Crippen LogP contribution in [0.4, 0.5) is 4.79 Å². The van der Waals surface area contributed by atoms with E-state index in [4.69, 9.17) is 5.11 Å². The van der Waals surface area contributed by atoms with Gasteiger partial charge >= 0.3 is 12.0 Å². The Morgan fingerprint density at radius 3 is 2.35 bits per heavy atom. The van der Waals surface area contributed by atoms with Gasteiger partial charge in [0.2, 0.25) is 0 Å². The SMILES string of the molecule is CCC(CC1CC1)NC(=O)N1CCC(CC(=O)O)CC1. The number of carboxylic acids is 1. The van der Waals surface area contributed by atoms with Gasteiger partial charge in [-0.1, -0.05) is 19.8 Å². The number of urea groups is 1. The molecule has 5 heteroatoms. The zero-order valence-electron chi connectivity index (χ0n) is 12.3. The quantitative estimate of drug-likeness (QED) is 0.786. The third-order valence-corrected chi connectivity index (χ3v) is 4.50. The molecule has 0 aromatic carbocycles. The van der Waals surface area contributed by atoms with Gasteiger partial charge < -0.3 is 15.3 Å². The van der Waals surface area contributed by atoms with Gasteiger partial charge in [-0.05, 0) is 37.5 Å². The average Bonchev–Trinajstić information content (AvgIpc) is 3.22. The molecule has 114 valence electrons. The zero-order valence-corrected chi connectivity index (χ0v) is 12.3. The summed E-state index contributed by atoms with van der Waals surface area (Å²) in [5.41, 5.74) is 0. The van der Waals surface area contributed by atoms with Crippen LogP contribution in [0.5, 0.6) is 0 Å². The molecule has 1 saturated carbocycles. The van der Waals surface area contributed by atoms with E-state index in [1.54, 1.807) is 0 Å². The van der Waals surface area contributed by atoms with Gasteiger partial charge in [0, 0.05) is 25.6 Å². The summed E-state index contributed by atoms with van der Waals surface area (Å²) in [4.78, 5) is 24.7. The first-order valence-corrected chi connectivity index (χ1v) is 7.85. The Kier molecular flexibility index (Phi) is 5.26. The third kappa shape index (κ3) is 4.69. The molecule has 1 atom stereocenters. The fourth-order valence-electron chi connectivity index (χ4n) is 2.94. The molecule has 0 spiro atoms. The van der Waals surface area contributed by atoms with Crippen LogP contribution in [0.3, 0.4) is 0 Å². The zero-order chi connectivity index (χ0) is 14.5. The minimum Gasteiger partial charge on any atom is -0.481 e. The molecule has 5 nitrogen and oxygen atoms in total. The summed E-state index contributed by atoms with van der Waals surface area (Å²) in [5.74, 6) is 0.315. The molecular weight excluding hydrogens is 256 g/mol. The first-order valence-electron chi connectivity index (χ1n) is 7.85. The maximum atomic E-state index is 12.2. The van der Waals surface area contributed by atoms with Crippen molar-refractivity contribution in [1.82, 2.24) is 10.2 Å². The Bertz CT molecular complexity index is 347. The Morgan fingerprint density at radius 2 is 1.85 bits per heavy atom. The van der Waals surface area contributed by atoms with E-state index in [9.17, 15) is 9.59 Å². The molecule has 0 bridgehead atoms. The number of carboxylic acid groups (broad SMARTS) is 1. The molecule has 0 aromatic rings. The molecule has 2 amide bonds. The number of carbonyl (C=O) groups is 2. The van der Waals surface area contributed by atoms with Gasteiger partial charge in [0.1, 0.15) is 0 Å². The minimum absolute atomic E-state index is 0.0336. The van der Waals surface area contributed by atoms with E-state index in [-0.39, 0.29) is 18.4 Å². The van der Waals surface area contributed by atoms with Gasteiger partial charge in [0.25, 0.3) is 0 Å². The van der Waals surface area contributed by atoms with Gasteiger partial charge in [0.15, 0.2) is 0 Å². The molecule has 1 aliphatic carbocycles. The van der Waals surface area contributed by atoms with Crippen molar-refractivity contribution < 1.29 is 14.7 Å². The first-order chi connectivity index (χ1) is 9.58. The van der Waals surface area contributed by atoms with Crippen molar-refractivity contribution >= 4 is 12.0 Å². The second-order valence-corrected chi connectivity index (χ2v) is 6.26. The van der Waals surface area contributed by atoms with Gasteiger partial charge in [0.05, 0.1) is 0 Å². The fraction of sp³-hybridized carbons (Fsp3) is 0.867. The second kappa shape index (κ2) is 6.95. The third-order valence-electron chi connectivity index (χ3n) is 4.50. The Hall–Kier alpha value is -1.26. The number of rotatable bonds is 6. The van der Waals surface area contributed by atoms with Gasteiger partial charge in [-0.25, -0.2) is 4.79 Å². The summed E-state index contributed by atoms with van der Waals surface area (Å²) in [5, 5.41) is 11.9. The lowest BCUT2D eigenvalue weighted by atomic mass is 9.94. The number of hydrogen-bond acceptors (Lipinski definition) is 2. The largest absolute Gasteiger partial charge is 0.481 e. The van der Waals surface area contributed by atoms with Crippen molar-refractivity contribution in [3.8, 4) is 0 Å². The number of likely N-dealkylation sites (tertiary alicyclic amines) is 1. The molecular formula is C15H26N2O3. The lowest BCUT2D eigenvalue weighted by Crippen LogP contribution is -2.48. The predicted molar refractivity (Wildman–Crippen MR) is 76.5 cm³/mol. The van der Waals surface area contributed by atoms with Crippen LogP contribution in [0.15, 0.2) is 0 Å². The van der Waals surface area contributed by atoms with E-state index in [1.807, 2.05) is 4.90 Å². The summed E-state index contributed by atoms with van der Waals surface area (Å²) in [6.45, 7) is 3.49. The minimum atomic E-state index is -0.733. The van der Waals surface area contributed by atoms with Crippen LogP contribution < -0.4 is 5.32 Å². The van der Waals surface area contributed by atoms with E-state index in [0.29, 0.717) is 19.1 Å². The van der Waals surface area contributed by atoms with Crippen molar-refractivity contribution in [2.24, 2.45) is 11.8 Å². The summed E-state index contributed by atoms with van der Waals surface area (Å²) in [6, 6.07) is 0.331. The number of nitrogens with zero attached hydrogens (tertiary/aromatic N) is 1. The number of carbonyl (C=O) groups excluding carboxylic acids is 1. The predicted octanol–water partition coefficient (Wildman–Crippen LogP) is 2.46.